The lowest BCUT2D eigenvalue weighted by Gasteiger charge is -2.26. The molecule has 0 N–H and O–H groups in total. The summed E-state index contributed by atoms with van der Waals surface area (Å²) in [5.74, 6) is 1.30. The smallest absolute Gasteiger partial charge is 0.183 e. The Morgan fingerprint density at radius 2 is 2.07 bits per heavy atom. The largest absolute Gasteiger partial charge is 0.417 e. The van der Waals surface area contributed by atoms with Crippen LogP contribution in [0.4, 0.5) is 0 Å². The number of fused-ring (bicyclic) bond motifs is 2. The molecule has 0 radical (unpaired) electrons. The van der Waals surface area contributed by atoms with Gasteiger partial charge >= 0.3 is 0 Å². The van der Waals surface area contributed by atoms with E-state index in [-0.39, 0.29) is 11.8 Å². The van der Waals surface area contributed by atoms with Crippen molar-refractivity contribution < 1.29 is 9.22 Å². The minimum atomic E-state index is -1.44. The van der Waals surface area contributed by atoms with Crippen molar-refractivity contribution in [2.24, 2.45) is 17.8 Å². The van der Waals surface area contributed by atoms with Gasteiger partial charge in [-0.1, -0.05) is 12.2 Å². The van der Waals surface area contributed by atoms with Crippen molar-refractivity contribution >= 4 is 14.1 Å². The van der Waals surface area contributed by atoms with E-state index in [0.29, 0.717) is 11.7 Å². The Morgan fingerprint density at radius 1 is 1.33 bits per heavy atom. The van der Waals surface area contributed by atoms with Crippen molar-refractivity contribution in [3.8, 4) is 0 Å². The van der Waals surface area contributed by atoms with Gasteiger partial charge in [-0.2, -0.15) is 0 Å². The summed E-state index contributed by atoms with van der Waals surface area (Å²) in [7, 11) is -1.44. The summed E-state index contributed by atoms with van der Waals surface area (Å²) < 4.78 is 5.90. The van der Waals surface area contributed by atoms with Crippen molar-refractivity contribution in [2.45, 2.75) is 32.5 Å². The fraction of sp³-hybridized carbons (Fsp3) is 0.750. The van der Waals surface area contributed by atoms with Gasteiger partial charge in [0.15, 0.2) is 8.32 Å². The second kappa shape index (κ2) is 3.87. The molecule has 0 unspecified atom stereocenters. The first-order valence-corrected chi connectivity index (χ1v) is 9.24. The second-order valence-electron chi connectivity index (χ2n) is 5.66. The molecule has 0 aromatic carbocycles. The maximum atomic E-state index is 11.8. The molecular weight excluding hydrogens is 204 g/mol. The van der Waals surface area contributed by atoms with Crippen LogP contribution in [0.15, 0.2) is 12.2 Å². The number of carbonyl (C=O) groups excluding carboxylic acids is 1. The minimum Gasteiger partial charge on any atom is -0.417 e. The summed E-state index contributed by atoms with van der Waals surface area (Å²) in [5.41, 5.74) is 0. The number of hydrogen-bond donors (Lipinski definition) is 0. The molecule has 2 nitrogen and oxygen atoms in total. The van der Waals surface area contributed by atoms with E-state index in [1.807, 2.05) is 0 Å². The number of hydrogen-bond acceptors (Lipinski definition) is 2. The molecule has 1 fully saturated rings. The van der Waals surface area contributed by atoms with Gasteiger partial charge in [0.05, 0.1) is 0 Å². The van der Waals surface area contributed by atoms with Crippen LogP contribution < -0.4 is 0 Å². The fourth-order valence-electron chi connectivity index (χ4n) is 2.46. The molecule has 2 rings (SSSR count). The maximum absolute atomic E-state index is 11.8. The topological polar surface area (TPSA) is 26.3 Å². The van der Waals surface area contributed by atoms with Gasteiger partial charge in [-0.05, 0) is 32.5 Å². The maximum Gasteiger partial charge on any atom is 0.183 e. The predicted molar refractivity (Wildman–Crippen MR) is 63.1 cm³/mol. The van der Waals surface area contributed by atoms with Crippen LogP contribution in [0.3, 0.4) is 0 Å². The average molecular weight is 224 g/mol. The van der Waals surface area contributed by atoms with E-state index in [0.717, 1.165) is 19.4 Å². The van der Waals surface area contributed by atoms with Crippen molar-refractivity contribution in [2.75, 3.05) is 6.61 Å². The van der Waals surface area contributed by atoms with Crippen LogP contribution in [0.1, 0.15) is 12.8 Å². The molecule has 2 aliphatic carbocycles. The van der Waals surface area contributed by atoms with Gasteiger partial charge < -0.3 is 4.43 Å². The highest BCUT2D eigenvalue weighted by molar-refractivity contribution is 6.69. The molecule has 84 valence electrons. The highest BCUT2D eigenvalue weighted by atomic mass is 28.4. The third-order valence-corrected chi connectivity index (χ3v) is 4.37. The molecule has 0 aromatic heterocycles. The molecule has 0 amide bonds. The van der Waals surface area contributed by atoms with Crippen molar-refractivity contribution in [3.63, 3.8) is 0 Å². The summed E-state index contributed by atoms with van der Waals surface area (Å²) in [4.78, 5) is 11.8. The third kappa shape index (κ3) is 2.40. The molecular formula is C12H20O2Si. The Hall–Kier alpha value is -0.413. The number of carbonyl (C=O) groups is 1. The monoisotopic (exact) mass is 224 g/mol. The van der Waals surface area contributed by atoms with E-state index in [1.54, 1.807) is 0 Å². The molecule has 1 saturated carbocycles. The quantitative estimate of drug-likeness (QED) is 0.544. The molecule has 0 aliphatic heterocycles. The van der Waals surface area contributed by atoms with Crippen molar-refractivity contribution in [1.29, 1.82) is 0 Å². The fourth-order valence-corrected chi connectivity index (χ4v) is 3.16. The van der Waals surface area contributed by atoms with Gasteiger partial charge in [0.2, 0.25) is 0 Å². The van der Waals surface area contributed by atoms with Crippen LogP contribution in [0.2, 0.25) is 19.6 Å². The Bertz CT molecular complexity index is 290. The Kier molecular flexibility index (Phi) is 2.86. The van der Waals surface area contributed by atoms with Crippen LogP contribution in [-0.2, 0) is 9.22 Å². The molecule has 0 spiro atoms. The van der Waals surface area contributed by atoms with Crippen LogP contribution in [0.5, 0.6) is 0 Å². The number of ketones is 1. The minimum absolute atomic E-state index is 0.234. The highest BCUT2D eigenvalue weighted by Crippen LogP contribution is 2.38. The molecule has 2 bridgehead atoms. The van der Waals surface area contributed by atoms with E-state index < -0.39 is 8.32 Å². The summed E-state index contributed by atoms with van der Waals surface area (Å²) >= 11 is 0. The van der Waals surface area contributed by atoms with Crippen LogP contribution in [0, 0.1) is 17.8 Å². The molecule has 0 heterocycles. The molecule has 0 saturated heterocycles. The van der Waals surface area contributed by atoms with Gasteiger partial charge in [-0.3, -0.25) is 4.79 Å². The van der Waals surface area contributed by atoms with E-state index >= 15 is 0 Å². The third-order valence-electron chi connectivity index (χ3n) is 3.34. The summed E-state index contributed by atoms with van der Waals surface area (Å²) in [6, 6.07) is 0. The van der Waals surface area contributed by atoms with Gasteiger partial charge in [0.1, 0.15) is 5.78 Å². The summed E-state index contributed by atoms with van der Waals surface area (Å²) in [6.07, 6.45) is 6.44. The zero-order valence-corrected chi connectivity index (χ0v) is 10.8. The Labute approximate surface area is 92.8 Å². The van der Waals surface area contributed by atoms with Gasteiger partial charge in [-0.25, -0.2) is 0 Å². The number of Topliss-reactive ketones (excluding diaryl/α,β-unsaturated/α-hetero) is 1. The number of allylic oxidation sites excluding steroid dienone is 1. The van der Waals surface area contributed by atoms with Crippen LogP contribution in [0.25, 0.3) is 0 Å². The van der Waals surface area contributed by atoms with E-state index in [1.165, 1.54) is 0 Å². The Morgan fingerprint density at radius 3 is 2.73 bits per heavy atom. The molecule has 3 heteroatoms. The van der Waals surface area contributed by atoms with E-state index in [9.17, 15) is 4.79 Å². The first-order valence-electron chi connectivity index (χ1n) is 5.83. The molecule has 0 aromatic rings. The van der Waals surface area contributed by atoms with Gasteiger partial charge in [0, 0.05) is 24.4 Å². The summed E-state index contributed by atoms with van der Waals surface area (Å²) in [5, 5.41) is 0. The number of rotatable bonds is 3. The average Bonchev–Trinajstić information content (AvgIpc) is 2.39. The van der Waals surface area contributed by atoms with Gasteiger partial charge in [-0.15, -0.1) is 0 Å². The molecule has 3 atom stereocenters. The molecule has 15 heavy (non-hydrogen) atoms. The van der Waals surface area contributed by atoms with Crippen LogP contribution >= 0.6 is 0 Å². The van der Waals surface area contributed by atoms with Crippen molar-refractivity contribution in [1.82, 2.24) is 0 Å². The highest BCUT2D eigenvalue weighted by Gasteiger charge is 2.40. The lowest BCUT2D eigenvalue weighted by molar-refractivity contribution is -0.124. The van der Waals surface area contributed by atoms with E-state index in [4.69, 9.17) is 4.43 Å². The normalized spacial score (nSPS) is 34.9. The van der Waals surface area contributed by atoms with E-state index in [2.05, 4.69) is 31.8 Å². The van der Waals surface area contributed by atoms with Gasteiger partial charge in [0.25, 0.3) is 0 Å². The second-order valence-corrected chi connectivity index (χ2v) is 10.2. The molecule has 2 aliphatic rings. The predicted octanol–water partition coefficient (Wildman–Crippen LogP) is 2.62. The van der Waals surface area contributed by atoms with Crippen LogP contribution in [-0.4, -0.2) is 20.7 Å². The lowest BCUT2D eigenvalue weighted by Crippen LogP contribution is -2.33. The first-order chi connectivity index (χ1) is 6.97. The summed E-state index contributed by atoms with van der Waals surface area (Å²) in [6.45, 7) is 7.33. The lowest BCUT2D eigenvalue weighted by atomic mass is 9.85. The van der Waals surface area contributed by atoms with Crippen molar-refractivity contribution in [3.05, 3.63) is 12.2 Å². The SMILES string of the molecule is C[Si](C)(C)OC[C@@H]1C=C[C@H]2CC[C@@H]1C2=O. The first kappa shape index (κ1) is 11.1. The zero-order chi connectivity index (χ0) is 11.1. The standard InChI is InChI=1S/C12H20O2Si/c1-15(2,3)14-8-10-5-4-9-6-7-11(10)12(9)13/h4-5,9-11H,6-8H2,1-3H3/t9-,10-,11-/m0/s1. The Balaban J connectivity index is 1.97. The zero-order valence-electron chi connectivity index (χ0n) is 9.82.